The maximum absolute atomic E-state index is 13.2. The molecule has 4 rings (SSSR count). The molecule has 1 saturated heterocycles. The van der Waals surface area contributed by atoms with Crippen molar-refractivity contribution in [2.24, 2.45) is 0 Å². The molecule has 1 fully saturated rings. The summed E-state index contributed by atoms with van der Waals surface area (Å²) in [4.78, 5) is 31.8. The summed E-state index contributed by atoms with van der Waals surface area (Å²) in [5.74, 6) is -0.343. The summed E-state index contributed by atoms with van der Waals surface area (Å²) in [5.41, 5.74) is 0.0944. The third-order valence-corrected chi connectivity index (χ3v) is 5.61. The van der Waals surface area contributed by atoms with Crippen molar-refractivity contribution >= 4 is 45.9 Å². The van der Waals surface area contributed by atoms with Gasteiger partial charge in [0.2, 0.25) is 5.88 Å². The quantitative estimate of drug-likeness (QED) is 0.466. The molecule has 0 bridgehead atoms. The number of thioether (sulfide) groups is 1. The Morgan fingerprint density at radius 3 is 2.66 bits per heavy atom. The Morgan fingerprint density at radius 1 is 1.21 bits per heavy atom. The zero-order valence-electron chi connectivity index (χ0n) is 15.2. The number of amides is 1. The number of hydrogen-bond acceptors (Lipinski definition) is 6. The normalized spacial score (nSPS) is 15.5. The number of hydrogen-bond donors (Lipinski definition) is 0. The topological polar surface area (TPSA) is 63.9 Å². The number of rotatable bonds is 4. The first-order chi connectivity index (χ1) is 14.0. The number of benzene rings is 1. The summed E-state index contributed by atoms with van der Waals surface area (Å²) in [6.07, 6.45) is 3.03. The second-order valence-corrected chi connectivity index (χ2v) is 7.72. The molecule has 0 aliphatic carbocycles. The lowest BCUT2D eigenvalue weighted by atomic mass is 10.2. The van der Waals surface area contributed by atoms with Gasteiger partial charge in [-0.3, -0.25) is 18.9 Å². The standard InChI is InChI=1S/C20H14FN3O3S2/c1-2-23-19(26)15(29-20(23)28)11-14-17(27-13-8-6-12(21)7-9-13)22-16-5-3-4-10-24(16)18(14)25/h3-11H,2H2,1H3. The van der Waals surface area contributed by atoms with Gasteiger partial charge in [-0.05, 0) is 49.4 Å². The second-order valence-electron chi connectivity index (χ2n) is 6.05. The molecular formula is C20H14FN3O3S2. The highest BCUT2D eigenvalue weighted by molar-refractivity contribution is 8.26. The fourth-order valence-corrected chi connectivity index (χ4v) is 4.17. The van der Waals surface area contributed by atoms with E-state index in [0.29, 0.717) is 27.2 Å². The number of carbonyl (C=O) groups excluding carboxylic acids is 1. The molecule has 146 valence electrons. The zero-order chi connectivity index (χ0) is 20.5. The highest BCUT2D eigenvalue weighted by Crippen LogP contribution is 2.33. The van der Waals surface area contributed by atoms with Crippen LogP contribution in [0, 0.1) is 5.82 Å². The van der Waals surface area contributed by atoms with Gasteiger partial charge in [0.05, 0.1) is 4.91 Å². The Labute approximate surface area is 174 Å². The van der Waals surface area contributed by atoms with Gasteiger partial charge in [-0.1, -0.05) is 30.0 Å². The molecule has 0 spiro atoms. The summed E-state index contributed by atoms with van der Waals surface area (Å²) in [6.45, 7) is 2.26. The van der Waals surface area contributed by atoms with Crippen molar-refractivity contribution in [3.05, 3.63) is 75.3 Å². The molecule has 0 saturated carbocycles. The van der Waals surface area contributed by atoms with Crippen LogP contribution in [-0.4, -0.2) is 31.1 Å². The van der Waals surface area contributed by atoms with Gasteiger partial charge in [-0.2, -0.15) is 4.98 Å². The van der Waals surface area contributed by atoms with E-state index >= 15 is 0 Å². The molecule has 0 unspecified atom stereocenters. The molecule has 29 heavy (non-hydrogen) atoms. The molecule has 6 nitrogen and oxygen atoms in total. The second kappa shape index (κ2) is 7.76. The molecule has 1 amide bonds. The zero-order valence-corrected chi connectivity index (χ0v) is 16.8. The van der Waals surface area contributed by atoms with Crippen LogP contribution in [0.2, 0.25) is 0 Å². The van der Waals surface area contributed by atoms with Gasteiger partial charge in [0.15, 0.2) is 0 Å². The minimum Gasteiger partial charge on any atom is -0.438 e. The van der Waals surface area contributed by atoms with Crippen LogP contribution in [0.25, 0.3) is 11.7 Å². The van der Waals surface area contributed by atoms with Crippen molar-refractivity contribution in [1.29, 1.82) is 0 Å². The van der Waals surface area contributed by atoms with Crippen LogP contribution >= 0.6 is 24.0 Å². The van der Waals surface area contributed by atoms with E-state index in [9.17, 15) is 14.0 Å². The first-order valence-corrected chi connectivity index (χ1v) is 9.90. The Morgan fingerprint density at radius 2 is 1.97 bits per heavy atom. The van der Waals surface area contributed by atoms with Crippen LogP contribution in [0.15, 0.2) is 58.4 Å². The Balaban J connectivity index is 1.87. The van der Waals surface area contributed by atoms with Gasteiger partial charge in [-0.15, -0.1) is 0 Å². The number of likely N-dealkylation sites (N-methyl/N-ethyl adjacent to an activating group) is 1. The number of fused-ring (bicyclic) bond motifs is 1. The first kappa shape index (κ1) is 19.3. The van der Waals surface area contributed by atoms with Crippen LogP contribution < -0.4 is 10.3 Å². The summed E-state index contributed by atoms with van der Waals surface area (Å²) >= 11 is 6.35. The number of halogens is 1. The fourth-order valence-electron chi connectivity index (χ4n) is 2.80. The lowest BCUT2D eigenvalue weighted by molar-refractivity contribution is -0.121. The minimum atomic E-state index is -0.410. The lowest BCUT2D eigenvalue weighted by Crippen LogP contribution is -2.27. The van der Waals surface area contributed by atoms with E-state index in [1.54, 1.807) is 24.4 Å². The van der Waals surface area contributed by atoms with Gasteiger partial charge in [-0.25, -0.2) is 4.39 Å². The van der Waals surface area contributed by atoms with E-state index in [4.69, 9.17) is 17.0 Å². The van der Waals surface area contributed by atoms with Gasteiger partial charge < -0.3 is 4.74 Å². The molecule has 3 aromatic rings. The van der Waals surface area contributed by atoms with E-state index in [0.717, 1.165) is 11.8 Å². The SMILES string of the molecule is CCN1C(=O)C(=Cc2c(Oc3ccc(F)cc3)nc3ccccn3c2=O)SC1=S. The van der Waals surface area contributed by atoms with Crippen LogP contribution in [0.5, 0.6) is 11.6 Å². The number of carbonyl (C=O) groups is 1. The first-order valence-electron chi connectivity index (χ1n) is 8.68. The average molecular weight is 427 g/mol. The number of nitrogens with zero attached hydrogens (tertiary/aromatic N) is 3. The van der Waals surface area contributed by atoms with Crippen LogP contribution in [0.1, 0.15) is 12.5 Å². The van der Waals surface area contributed by atoms with Crippen molar-refractivity contribution in [3.63, 3.8) is 0 Å². The summed E-state index contributed by atoms with van der Waals surface area (Å²) < 4.78 is 20.8. The maximum Gasteiger partial charge on any atom is 0.269 e. The van der Waals surface area contributed by atoms with E-state index in [1.165, 1.54) is 39.6 Å². The number of ether oxygens (including phenoxy) is 1. The van der Waals surface area contributed by atoms with Crippen LogP contribution in [0.4, 0.5) is 4.39 Å². The number of thiocarbonyl (C=S) groups is 1. The molecule has 3 heterocycles. The Hall–Kier alpha value is -3.04. The van der Waals surface area contributed by atoms with Crippen molar-refractivity contribution in [3.8, 4) is 11.6 Å². The molecule has 0 radical (unpaired) electrons. The molecule has 1 aliphatic heterocycles. The fraction of sp³-hybridized carbons (Fsp3) is 0.100. The number of pyridine rings is 1. The molecule has 1 aliphatic rings. The van der Waals surface area contributed by atoms with E-state index in [1.807, 2.05) is 6.92 Å². The average Bonchev–Trinajstić information content (AvgIpc) is 2.99. The summed E-state index contributed by atoms with van der Waals surface area (Å²) in [5, 5.41) is 0. The van der Waals surface area contributed by atoms with Gasteiger partial charge >= 0.3 is 0 Å². The Bertz CT molecular complexity index is 1220. The van der Waals surface area contributed by atoms with Crippen molar-refractivity contribution in [1.82, 2.24) is 14.3 Å². The third-order valence-electron chi connectivity index (χ3n) is 4.23. The largest absolute Gasteiger partial charge is 0.438 e. The third kappa shape index (κ3) is 3.66. The van der Waals surface area contributed by atoms with Crippen molar-refractivity contribution in [2.75, 3.05) is 6.54 Å². The van der Waals surface area contributed by atoms with E-state index < -0.39 is 11.4 Å². The summed E-state index contributed by atoms with van der Waals surface area (Å²) in [7, 11) is 0. The van der Waals surface area contributed by atoms with Gasteiger partial charge in [0.25, 0.3) is 11.5 Å². The Kier molecular flexibility index (Phi) is 5.16. The van der Waals surface area contributed by atoms with E-state index in [-0.39, 0.29) is 17.4 Å². The lowest BCUT2D eigenvalue weighted by Gasteiger charge is -2.11. The van der Waals surface area contributed by atoms with Crippen LogP contribution in [0.3, 0.4) is 0 Å². The summed E-state index contributed by atoms with van der Waals surface area (Å²) in [6, 6.07) is 10.5. The highest BCUT2D eigenvalue weighted by Gasteiger charge is 2.31. The highest BCUT2D eigenvalue weighted by atomic mass is 32.2. The molecule has 1 aromatic carbocycles. The predicted octanol–water partition coefficient (Wildman–Crippen LogP) is 3.85. The van der Waals surface area contributed by atoms with Gasteiger partial charge in [0, 0.05) is 12.7 Å². The smallest absolute Gasteiger partial charge is 0.269 e. The maximum atomic E-state index is 13.2. The van der Waals surface area contributed by atoms with Crippen molar-refractivity contribution in [2.45, 2.75) is 6.92 Å². The molecule has 0 atom stereocenters. The monoisotopic (exact) mass is 427 g/mol. The molecule has 0 N–H and O–H groups in total. The predicted molar refractivity (Wildman–Crippen MR) is 113 cm³/mol. The van der Waals surface area contributed by atoms with E-state index in [2.05, 4.69) is 4.98 Å². The molecule has 9 heteroatoms. The minimum absolute atomic E-state index is 0.0228. The van der Waals surface area contributed by atoms with Crippen molar-refractivity contribution < 1.29 is 13.9 Å². The van der Waals surface area contributed by atoms with Crippen LogP contribution in [-0.2, 0) is 4.79 Å². The number of aromatic nitrogens is 2. The van der Waals surface area contributed by atoms with Gasteiger partial charge in [0.1, 0.15) is 27.1 Å². The molecular weight excluding hydrogens is 413 g/mol. The molecule has 2 aromatic heterocycles.